The van der Waals surface area contributed by atoms with Crippen molar-refractivity contribution in [2.75, 3.05) is 19.7 Å². The molecule has 2 heterocycles. The molecule has 1 atom stereocenters. The normalized spacial score (nSPS) is 25.6. The molecule has 0 aliphatic carbocycles. The van der Waals surface area contributed by atoms with Gasteiger partial charge in [-0.2, -0.15) is 0 Å². The van der Waals surface area contributed by atoms with Crippen LogP contribution in [0.5, 0.6) is 0 Å². The largest absolute Gasteiger partial charge is 0.375 e. The van der Waals surface area contributed by atoms with Gasteiger partial charge in [0.25, 0.3) is 0 Å². The fourth-order valence-electron chi connectivity index (χ4n) is 2.86. The summed E-state index contributed by atoms with van der Waals surface area (Å²) in [6.45, 7) is 8.74. The van der Waals surface area contributed by atoms with Gasteiger partial charge in [0.15, 0.2) is 0 Å². The van der Waals surface area contributed by atoms with Crippen LogP contribution in [0.25, 0.3) is 0 Å². The molecular formula is C15H26N2O2. The Morgan fingerprint density at radius 1 is 1.42 bits per heavy atom. The Kier molecular flexibility index (Phi) is 4.63. The van der Waals surface area contributed by atoms with E-state index in [2.05, 4.69) is 24.5 Å². The molecule has 0 aromatic heterocycles. The molecule has 2 aliphatic rings. The van der Waals surface area contributed by atoms with E-state index in [1.165, 1.54) is 5.57 Å². The maximum absolute atomic E-state index is 12.2. The van der Waals surface area contributed by atoms with Crippen LogP contribution in [0.4, 0.5) is 0 Å². The molecule has 0 saturated carbocycles. The molecule has 0 aromatic rings. The third kappa shape index (κ3) is 3.18. The third-order valence-electron chi connectivity index (χ3n) is 4.66. The number of rotatable bonds is 4. The Balaban J connectivity index is 1.93. The fraction of sp³-hybridized carbons (Fsp3) is 0.800. The molecule has 2 N–H and O–H groups in total. The van der Waals surface area contributed by atoms with Gasteiger partial charge in [0.1, 0.15) is 0 Å². The Bertz CT molecular complexity index is 366. The van der Waals surface area contributed by atoms with E-state index in [1.807, 2.05) is 6.92 Å². The van der Waals surface area contributed by atoms with Crippen molar-refractivity contribution < 1.29 is 9.53 Å². The second-order valence-corrected chi connectivity index (χ2v) is 5.73. The van der Waals surface area contributed by atoms with Crippen molar-refractivity contribution in [1.82, 2.24) is 10.6 Å². The van der Waals surface area contributed by atoms with Gasteiger partial charge in [-0.3, -0.25) is 4.79 Å². The average molecular weight is 266 g/mol. The Labute approximate surface area is 116 Å². The average Bonchev–Trinajstić information content (AvgIpc) is 2.36. The van der Waals surface area contributed by atoms with Crippen molar-refractivity contribution in [3.8, 4) is 0 Å². The van der Waals surface area contributed by atoms with E-state index in [0.29, 0.717) is 0 Å². The molecule has 0 aromatic carbocycles. The standard InChI is InChI=1S/C15H26N2O2/c1-4-15(5-2)8-13(6-7-19-15)17-14(18)11(3)12-9-16-10-12/h13,16H,4-10H2,1-3H3,(H,17,18). The van der Waals surface area contributed by atoms with E-state index in [4.69, 9.17) is 4.74 Å². The first-order chi connectivity index (χ1) is 9.10. The quantitative estimate of drug-likeness (QED) is 0.762. The van der Waals surface area contributed by atoms with Crippen LogP contribution in [0, 0.1) is 0 Å². The van der Waals surface area contributed by atoms with E-state index < -0.39 is 0 Å². The summed E-state index contributed by atoms with van der Waals surface area (Å²) >= 11 is 0. The molecule has 4 nitrogen and oxygen atoms in total. The van der Waals surface area contributed by atoms with Crippen LogP contribution in [0.1, 0.15) is 46.5 Å². The number of amides is 1. The van der Waals surface area contributed by atoms with Gasteiger partial charge in [-0.25, -0.2) is 0 Å². The van der Waals surface area contributed by atoms with E-state index in [0.717, 1.165) is 51.0 Å². The molecule has 2 fully saturated rings. The highest BCUT2D eigenvalue weighted by molar-refractivity contribution is 5.94. The zero-order chi connectivity index (χ0) is 13.9. The van der Waals surface area contributed by atoms with Crippen LogP contribution in [-0.4, -0.2) is 37.2 Å². The molecule has 0 bridgehead atoms. The highest BCUT2D eigenvalue weighted by atomic mass is 16.5. The zero-order valence-corrected chi connectivity index (χ0v) is 12.3. The number of ether oxygens (including phenoxy) is 1. The van der Waals surface area contributed by atoms with Gasteiger partial charge in [-0.1, -0.05) is 13.8 Å². The van der Waals surface area contributed by atoms with Crippen molar-refractivity contribution in [3.63, 3.8) is 0 Å². The lowest BCUT2D eigenvalue weighted by Crippen LogP contribution is -2.49. The summed E-state index contributed by atoms with van der Waals surface area (Å²) in [5, 5.41) is 6.36. The predicted molar refractivity (Wildman–Crippen MR) is 76.0 cm³/mol. The van der Waals surface area contributed by atoms with Crippen LogP contribution < -0.4 is 10.6 Å². The monoisotopic (exact) mass is 266 g/mol. The molecule has 4 heteroatoms. The van der Waals surface area contributed by atoms with Crippen molar-refractivity contribution >= 4 is 5.91 Å². The lowest BCUT2D eigenvalue weighted by molar-refractivity contribution is -0.122. The van der Waals surface area contributed by atoms with Gasteiger partial charge in [0, 0.05) is 31.3 Å². The Morgan fingerprint density at radius 2 is 2.11 bits per heavy atom. The fourth-order valence-corrected chi connectivity index (χ4v) is 2.86. The molecule has 108 valence electrons. The molecule has 19 heavy (non-hydrogen) atoms. The predicted octanol–water partition coefficient (Wildman–Crippen LogP) is 1.76. The number of hydrogen-bond acceptors (Lipinski definition) is 3. The summed E-state index contributed by atoms with van der Waals surface area (Å²) in [4.78, 5) is 12.2. The SMILES string of the molecule is CCC1(CC)CC(NC(=O)C(C)=C2CNC2)CCO1. The second kappa shape index (κ2) is 6.06. The third-order valence-corrected chi connectivity index (χ3v) is 4.66. The number of nitrogens with one attached hydrogen (secondary N) is 2. The molecule has 0 spiro atoms. The number of carbonyl (C=O) groups is 1. The highest BCUT2D eigenvalue weighted by Crippen LogP contribution is 2.31. The van der Waals surface area contributed by atoms with Crippen LogP contribution in [0.2, 0.25) is 0 Å². The smallest absolute Gasteiger partial charge is 0.247 e. The van der Waals surface area contributed by atoms with Crippen LogP contribution in [0.3, 0.4) is 0 Å². The molecular weight excluding hydrogens is 240 g/mol. The summed E-state index contributed by atoms with van der Waals surface area (Å²) in [6, 6.07) is 0.254. The van der Waals surface area contributed by atoms with Gasteiger partial charge >= 0.3 is 0 Å². The lowest BCUT2D eigenvalue weighted by atomic mass is 9.85. The maximum Gasteiger partial charge on any atom is 0.247 e. The van der Waals surface area contributed by atoms with Gasteiger partial charge in [-0.05, 0) is 38.2 Å². The minimum Gasteiger partial charge on any atom is -0.375 e. The minimum atomic E-state index is -0.0325. The first-order valence-corrected chi connectivity index (χ1v) is 7.44. The molecule has 2 saturated heterocycles. The van der Waals surface area contributed by atoms with Gasteiger partial charge in [0.05, 0.1) is 5.60 Å². The summed E-state index contributed by atoms with van der Waals surface area (Å²) in [7, 11) is 0. The molecule has 2 rings (SSSR count). The molecule has 0 radical (unpaired) electrons. The number of carbonyl (C=O) groups excluding carboxylic acids is 1. The van der Waals surface area contributed by atoms with Gasteiger partial charge in [-0.15, -0.1) is 0 Å². The second-order valence-electron chi connectivity index (χ2n) is 5.73. The highest BCUT2D eigenvalue weighted by Gasteiger charge is 2.35. The van der Waals surface area contributed by atoms with Crippen molar-refractivity contribution in [3.05, 3.63) is 11.1 Å². The first-order valence-electron chi connectivity index (χ1n) is 7.44. The van der Waals surface area contributed by atoms with Gasteiger partial charge < -0.3 is 15.4 Å². The Morgan fingerprint density at radius 3 is 2.63 bits per heavy atom. The first kappa shape index (κ1) is 14.5. The van der Waals surface area contributed by atoms with Crippen molar-refractivity contribution in [2.24, 2.45) is 0 Å². The number of hydrogen-bond donors (Lipinski definition) is 2. The lowest BCUT2D eigenvalue weighted by Gasteiger charge is -2.40. The van der Waals surface area contributed by atoms with Crippen LogP contribution in [0.15, 0.2) is 11.1 Å². The zero-order valence-electron chi connectivity index (χ0n) is 12.3. The Hall–Kier alpha value is -0.870. The van der Waals surface area contributed by atoms with Crippen LogP contribution >= 0.6 is 0 Å². The summed E-state index contributed by atoms with van der Waals surface area (Å²) in [5.41, 5.74) is 2.10. The maximum atomic E-state index is 12.2. The van der Waals surface area contributed by atoms with Crippen molar-refractivity contribution in [1.29, 1.82) is 0 Å². The van der Waals surface area contributed by atoms with E-state index >= 15 is 0 Å². The van der Waals surface area contributed by atoms with E-state index in [-0.39, 0.29) is 17.6 Å². The van der Waals surface area contributed by atoms with E-state index in [9.17, 15) is 4.79 Å². The van der Waals surface area contributed by atoms with Crippen LogP contribution in [-0.2, 0) is 9.53 Å². The van der Waals surface area contributed by atoms with E-state index in [1.54, 1.807) is 0 Å². The molecule has 1 amide bonds. The minimum absolute atomic E-state index is 0.0325. The summed E-state index contributed by atoms with van der Waals surface area (Å²) in [6.07, 6.45) is 3.89. The summed E-state index contributed by atoms with van der Waals surface area (Å²) < 4.78 is 5.94. The molecule has 1 unspecified atom stereocenters. The van der Waals surface area contributed by atoms with Crippen molar-refractivity contribution in [2.45, 2.75) is 58.1 Å². The topological polar surface area (TPSA) is 50.4 Å². The van der Waals surface area contributed by atoms with Gasteiger partial charge in [0.2, 0.25) is 5.91 Å². The summed E-state index contributed by atoms with van der Waals surface area (Å²) in [5.74, 6) is 0.101. The molecule has 2 aliphatic heterocycles.